The normalized spacial score (nSPS) is 14.1. The number of nitrogens with two attached hydrogens (primary N) is 1. The molecule has 9 nitrogen and oxygen atoms in total. The van der Waals surface area contributed by atoms with E-state index in [4.69, 9.17) is 19.7 Å². The first-order valence-corrected chi connectivity index (χ1v) is 13.0. The van der Waals surface area contributed by atoms with Crippen molar-refractivity contribution in [3.05, 3.63) is 0 Å². The summed E-state index contributed by atoms with van der Waals surface area (Å²) in [5, 5.41) is 0. The van der Waals surface area contributed by atoms with Crippen molar-refractivity contribution in [2.75, 3.05) is 26.4 Å². The van der Waals surface area contributed by atoms with E-state index in [9.17, 15) is 19.0 Å². The summed E-state index contributed by atoms with van der Waals surface area (Å²) in [5.41, 5.74) is 5.24. The zero-order valence-corrected chi connectivity index (χ0v) is 20.1. The van der Waals surface area contributed by atoms with E-state index < -0.39 is 32.5 Å². The SMILES string of the molecule is CCCCCCCCC(=O)O[C@H](COC(=O)CCCCCC)COP(=O)(O)OCCN. The lowest BCUT2D eigenvalue weighted by Crippen LogP contribution is -2.29. The number of esters is 2. The van der Waals surface area contributed by atoms with Crippen LogP contribution in [-0.4, -0.2) is 49.3 Å². The Bertz CT molecular complexity index is 518. The van der Waals surface area contributed by atoms with Crippen molar-refractivity contribution in [2.45, 2.75) is 97.0 Å². The van der Waals surface area contributed by atoms with Crippen LogP contribution in [0.1, 0.15) is 90.9 Å². The Balaban J connectivity index is 4.48. The van der Waals surface area contributed by atoms with E-state index in [1.807, 2.05) is 0 Å². The quantitative estimate of drug-likeness (QED) is 0.144. The second-order valence-electron chi connectivity index (χ2n) is 7.51. The molecule has 0 spiro atoms. The first-order chi connectivity index (χ1) is 14.8. The Morgan fingerprint density at radius 2 is 1.39 bits per heavy atom. The summed E-state index contributed by atoms with van der Waals surface area (Å²) in [6.07, 6.45) is 9.48. The number of unbranched alkanes of at least 4 members (excludes halogenated alkanes) is 8. The number of rotatable bonds is 21. The number of carbonyl (C=O) groups is 2. The standard InChI is InChI=1S/C21H42NO8P/c1-3-5-7-9-10-12-14-21(24)30-19(18-29-31(25,26)28-16-15-22)17-27-20(23)13-11-8-6-4-2/h19H,3-18,22H2,1-2H3,(H,25,26)/t19-/m1/s1. The summed E-state index contributed by atoms with van der Waals surface area (Å²) < 4.78 is 31.8. The third kappa shape index (κ3) is 19.4. The maximum atomic E-state index is 12.1. The van der Waals surface area contributed by atoms with Crippen LogP contribution < -0.4 is 5.73 Å². The molecule has 3 N–H and O–H groups in total. The molecule has 0 bridgehead atoms. The molecule has 0 aromatic heterocycles. The molecule has 0 aliphatic carbocycles. The van der Waals surface area contributed by atoms with Gasteiger partial charge in [0, 0.05) is 19.4 Å². The van der Waals surface area contributed by atoms with Crippen molar-refractivity contribution in [3.63, 3.8) is 0 Å². The van der Waals surface area contributed by atoms with Crippen molar-refractivity contribution < 1.29 is 37.6 Å². The van der Waals surface area contributed by atoms with Crippen molar-refractivity contribution >= 4 is 19.8 Å². The smallest absolute Gasteiger partial charge is 0.462 e. The van der Waals surface area contributed by atoms with Crippen molar-refractivity contribution in [1.82, 2.24) is 0 Å². The van der Waals surface area contributed by atoms with Crippen LogP contribution in [0.2, 0.25) is 0 Å². The molecule has 0 rings (SSSR count). The average molecular weight is 468 g/mol. The van der Waals surface area contributed by atoms with E-state index in [1.165, 1.54) is 6.42 Å². The number of hydrogen-bond acceptors (Lipinski definition) is 8. The van der Waals surface area contributed by atoms with Gasteiger partial charge in [-0.1, -0.05) is 65.2 Å². The van der Waals surface area contributed by atoms with Gasteiger partial charge >= 0.3 is 19.8 Å². The lowest BCUT2D eigenvalue weighted by Gasteiger charge is -2.19. The number of ether oxygens (including phenoxy) is 2. The minimum absolute atomic E-state index is 0.0558. The molecular formula is C21H42NO8P. The highest BCUT2D eigenvalue weighted by molar-refractivity contribution is 7.47. The van der Waals surface area contributed by atoms with Gasteiger partial charge in [0.05, 0.1) is 13.2 Å². The molecule has 0 radical (unpaired) electrons. The molecule has 31 heavy (non-hydrogen) atoms. The molecule has 2 atom stereocenters. The molecule has 10 heteroatoms. The van der Waals surface area contributed by atoms with Gasteiger partial charge in [0.25, 0.3) is 0 Å². The minimum Gasteiger partial charge on any atom is -0.462 e. The van der Waals surface area contributed by atoms with E-state index in [-0.39, 0.29) is 32.6 Å². The van der Waals surface area contributed by atoms with Gasteiger partial charge in [-0.25, -0.2) is 4.57 Å². The molecule has 0 aromatic rings. The van der Waals surface area contributed by atoms with Gasteiger partial charge < -0.3 is 20.1 Å². The first kappa shape index (κ1) is 30.0. The van der Waals surface area contributed by atoms with Crippen LogP contribution in [0.15, 0.2) is 0 Å². The fraction of sp³-hybridized carbons (Fsp3) is 0.905. The third-order valence-corrected chi connectivity index (χ3v) is 5.48. The van der Waals surface area contributed by atoms with Crippen LogP contribution in [0.25, 0.3) is 0 Å². The fourth-order valence-corrected chi connectivity index (χ4v) is 3.51. The molecule has 0 aliphatic rings. The molecule has 1 unspecified atom stereocenters. The predicted molar refractivity (Wildman–Crippen MR) is 118 cm³/mol. The molecule has 0 amide bonds. The highest BCUT2D eigenvalue weighted by Crippen LogP contribution is 2.43. The molecular weight excluding hydrogens is 425 g/mol. The molecule has 0 aromatic carbocycles. The molecule has 184 valence electrons. The van der Waals surface area contributed by atoms with Crippen molar-refractivity contribution in [2.24, 2.45) is 5.73 Å². The minimum atomic E-state index is -4.33. The predicted octanol–water partition coefficient (Wildman–Crippen LogP) is 4.25. The van der Waals surface area contributed by atoms with Gasteiger partial charge in [-0.05, 0) is 12.8 Å². The Labute approximate surface area is 186 Å². The van der Waals surface area contributed by atoms with Gasteiger partial charge in [-0.2, -0.15) is 0 Å². The Hall–Kier alpha value is -0.990. The van der Waals surface area contributed by atoms with Crippen LogP contribution in [0.4, 0.5) is 0 Å². The lowest BCUT2D eigenvalue weighted by atomic mass is 10.1. The lowest BCUT2D eigenvalue weighted by molar-refractivity contribution is -0.161. The van der Waals surface area contributed by atoms with Crippen LogP contribution in [0.3, 0.4) is 0 Å². The molecule has 0 fully saturated rings. The number of phosphoric acid groups is 1. The van der Waals surface area contributed by atoms with Crippen LogP contribution in [0.5, 0.6) is 0 Å². The van der Waals surface area contributed by atoms with E-state index in [1.54, 1.807) is 0 Å². The fourth-order valence-electron chi connectivity index (χ4n) is 2.75. The number of phosphoric ester groups is 1. The summed E-state index contributed by atoms with van der Waals surface area (Å²) in [6.45, 7) is 3.46. The molecule has 0 heterocycles. The largest absolute Gasteiger partial charge is 0.472 e. The van der Waals surface area contributed by atoms with E-state index >= 15 is 0 Å². The zero-order chi connectivity index (χ0) is 23.4. The summed E-state index contributed by atoms with van der Waals surface area (Å²) >= 11 is 0. The van der Waals surface area contributed by atoms with Gasteiger partial charge in [0.15, 0.2) is 6.10 Å². The average Bonchev–Trinajstić information content (AvgIpc) is 2.74. The summed E-state index contributed by atoms with van der Waals surface area (Å²) in [4.78, 5) is 33.6. The maximum absolute atomic E-state index is 12.1. The van der Waals surface area contributed by atoms with Gasteiger partial charge in [0.1, 0.15) is 6.61 Å². The number of carbonyl (C=O) groups excluding carboxylic acids is 2. The Morgan fingerprint density at radius 1 is 0.839 bits per heavy atom. The summed E-state index contributed by atoms with van der Waals surface area (Å²) in [5.74, 6) is -0.863. The van der Waals surface area contributed by atoms with Gasteiger partial charge in [-0.15, -0.1) is 0 Å². The Morgan fingerprint density at radius 3 is 2.00 bits per heavy atom. The summed E-state index contributed by atoms with van der Waals surface area (Å²) in [6, 6.07) is 0. The maximum Gasteiger partial charge on any atom is 0.472 e. The van der Waals surface area contributed by atoms with Crippen molar-refractivity contribution in [1.29, 1.82) is 0 Å². The molecule has 0 aliphatic heterocycles. The Kier molecular flexibility index (Phi) is 19.0. The second-order valence-corrected chi connectivity index (χ2v) is 8.96. The van der Waals surface area contributed by atoms with Gasteiger partial charge in [0.2, 0.25) is 0 Å². The summed E-state index contributed by atoms with van der Waals surface area (Å²) in [7, 11) is -4.33. The van der Waals surface area contributed by atoms with Gasteiger partial charge in [-0.3, -0.25) is 18.6 Å². The van der Waals surface area contributed by atoms with E-state index in [0.717, 1.165) is 51.4 Å². The van der Waals surface area contributed by atoms with Crippen LogP contribution >= 0.6 is 7.82 Å². The highest BCUT2D eigenvalue weighted by Gasteiger charge is 2.25. The third-order valence-electron chi connectivity index (χ3n) is 4.49. The van der Waals surface area contributed by atoms with E-state index in [2.05, 4.69) is 18.4 Å². The monoisotopic (exact) mass is 467 g/mol. The van der Waals surface area contributed by atoms with Crippen LogP contribution in [0, 0.1) is 0 Å². The van der Waals surface area contributed by atoms with E-state index in [0.29, 0.717) is 6.42 Å². The first-order valence-electron chi connectivity index (χ1n) is 11.5. The molecule has 0 saturated carbocycles. The molecule has 0 saturated heterocycles. The zero-order valence-electron chi connectivity index (χ0n) is 19.2. The highest BCUT2D eigenvalue weighted by atomic mass is 31.2. The topological polar surface area (TPSA) is 134 Å². The number of hydrogen-bond donors (Lipinski definition) is 2. The van der Waals surface area contributed by atoms with Crippen LogP contribution in [-0.2, 0) is 32.7 Å². The van der Waals surface area contributed by atoms with Crippen molar-refractivity contribution in [3.8, 4) is 0 Å². The second kappa shape index (κ2) is 19.7.